The molecule has 0 saturated heterocycles. The summed E-state index contributed by atoms with van der Waals surface area (Å²) in [5.74, 6) is -1.31. The number of benzene rings is 1. The summed E-state index contributed by atoms with van der Waals surface area (Å²) in [4.78, 5) is 22.3. The van der Waals surface area contributed by atoms with Crippen molar-refractivity contribution in [1.82, 2.24) is 5.32 Å². The molecule has 20 heavy (non-hydrogen) atoms. The Bertz CT molecular complexity index is 459. The molecule has 0 fully saturated rings. The summed E-state index contributed by atoms with van der Waals surface area (Å²) >= 11 is 0. The van der Waals surface area contributed by atoms with E-state index in [1.165, 1.54) is 12.1 Å². The lowest BCUT2D eigenvalue weighted by Crippen LogP contribution is -2.33. The molecule has 0 spiro atoms. The molecule has 0 heterocycles. The third-order valence-corrected chi connectivity index (χ3v) is 3.13. The highest BCUT2D eigenvalue weighted by atomic mass is 19.1. The number of carboxylic acid groups (broad SMARTS) is 1. The fourth-order valence-electron chi connectivity index (χ4n) is 1.93. The van der Waals surface area contributed by atoms with Crippen molar-refractivity contribution in [2.75, 3.05) is 0 Å². The number of halogens is 1. The number of nitrogens with one attached hydrogen (secondary N) is 1. The minimum atomic E-state index is -0.870. The average molecular weight is 281 g/mol. The molecule has 2 N–H and O–H groups in total. The lowest BCUT2D eigenvalue weighted by Gasteiger charge is -2.16. The largest absolute Gasteiger partial charge is 0.481 e. The highest BCUT2D eigenvalue weighted by molar-refractivity contribution is 5.77. The van der Waals surface area contributed by atoms with Gasteiger partial charge in [0.15, 0.2) is 0 Å². The predicted octanol–water partition coefficient (Wildman–Crippen LogP) is 2.69. The van der Waals surface area contributed by atoms with Crippen LogP contribution in [-0.4, -0.2) is 23.0 Å². The van der Waals surface area contributed by atoms with E-state index in [1.54, 1.807) is 19.1 Å². The van der Waals surface area contributed by atoms with Crippen LogP contribution in [0.15, 0.2) is 24.3 Å². The average Bonchev–Trinajstić information content (AvgIpc) is 2.36. The van der Waals surface area contributed by atoms with Crippen molar-refractivity contribution < 1.29 is 19.1 Å². The van der Waals surface area contributed by atoms with E-state index in [4.69, 9.17) is 5.11 Å². The molecule has 1 amide bonds. The minimum absolute atomic E-state index is 0.0118. The van der Waals surface area contributed by atoms with E-state index in [1.807, 2.05) is 6.92 Å². The summed E-state index contributed by atoms with van der Waals surface area (Å²) in [7, 11) is 0. The summed E-state index contributed by atoms with van der Waals surface area (Å²) in [6.07, 6.45) is 0.740. The van der Waals surface area contributed by atoms with E-state index in [0.29, 0.717) is 12.8 Å². The van der Waals surface area contributed by atoms with Gasteiger partial charge in [0.1, 0.15) is 5.82 Å². The molecule has 0 radical (unpaired) electrons. The molecule has 1 aromatic rings. The quantitative estimate of drug-likeness (QED) is 0.807. The van der Waals surface area contributed by atoms with Gasteiger partial charge in [-0.25, -0.2) is 4.39 Å². The monoisotopic (exact) mass is 281 g/mol. The van der Waals surface area contributed by atoms with Gasteiger partial charge in [-0.2, -0.15) is 0 Å². The van der Waals surface area contributed by atoms with Crippen LogP contribution in [0.2, 0.25) is 0 Å². The van der Waals surface area contributed by atoms with Gasteiger partial charge < -0.3 is 10.4 Å². The molecule has 0 bridgehead atoms. The SMILES string of the molecule is CC(CCC(=O)O)NC(=O)CC(C)c1ccc(F)cc1. The van der Waals surface area contributed by atoms with Crippen molar-refractivity contribution in [1.29, 1.82) is 0 Å². The Morgan fingerprint density at radius 2 is 1.85 bits per heavy atom. The van der Waals surface area contributed by atoms with Crippen molar-refractivity contribution in [2.24, 2.45) is 0 Å². The Morgan fingerprint density at radius 3 is 2.40 bits per heavy atom. The molecule has 0 aromatic heterocycles. The van der Waals surface area contributed by atoms with Gasteiger partial charge in [0.25, 0.3) is 0 Å². The Hall–Kier alpha value is -1.91. The fourth-order valence-corrected chi connectivity index (χ4v) is 1.93. The first kappa shape index (κ1) is 16.1. The molecular formula is C15H20FNO3. The van der Waals surface area contributed by atoms with Crippen LogP contribution in [0.25, 0.3) is 0 Å². The van der Waals surface area contributed by atoms with E-state index < -0.39 is 5.97 Å². The Kier molecular flexibility index (Phi) is 6.15. The number of hydrogen-bond donors (Lipinski definition) is 2. The zero-order valence-electron chi connectivity index (χ0n) is 11.7. The smallest absolute Gasteiger partial charge is 0.303 e. The first-order valence-corrected chi connectivity index (χ1v) is 6.65. The number of amides is 1. The van der Waals surface area contributed by atoms with Gasteiger partial charge in [-0.05, 0) is 37.0 Å². The number of rotatable bonds is 7. The zero-order chi connectivity index (χ0) is 15.1. The van der Waals surface area contributed by atoms with Crippen LogP contribution in [0, 0.1) is 5.82 Å². The third kappa shape index (κ3) is 5.82. The van der Waals surface area contributed by atoms with E-state index in [9.17, 15) is 14.0 Å². The molecule has 0 saturated carbocycles. The standard InChI is InChI=1S/C15H20FNO3/c1-10(12-4-6-13(16)7-5-12)9-14(18)17-11(2)3-8-15(19)20/h4-7,10-11H,3,8-9H2,1-2H3,(H,17,18)(H,19,20). The lowest BCUT2D eigenvalue weighted by molar-refractivity contribution is -0.137. The zero-order valence-corrected chi connectivity index (χ0v) is 11.7. The maximum Gasteiger partial charge on any atom is 0.303 e. The van der Waals surface area contributed by atoms with Crippen LogP contribution in [0.3, 0.4) is 0 Å². The van der Waals surface area contributed by atoms with Crippen molar-refractivity contribution in [3.8, 4) is 0 Å². The molecule has 110 valence electrons. The fraction of sp³-hybridized carbons (Fsp3) is 0.467. The van der Waals surface area contributed by atoms with E-state index in [0.717, 1.165) is 5.56 Å². The van der Waals surface area contributed by atoms with Gasteiger partial charge in [-0.15, -0.1) is 0 Å². The Balaban J connectivity index is 2.41. The topological polar surface area (TPSA) is 66.4 Å². The van der Waals surface area contributed by atoms with Crippen LogP contribution in [0.4, 0.5) is 4.39 Å². The molecule has 4 nitrogen and oxygen atoms in total. The minimum Gasteiger partial charge on any atom is -0.481 e. The van der Waals surface area contributed by atoms with Gasteiger partial charge in [-0.1, -0.05) is 19.1 Å². The maximum absolute atomic E-state index is 12.8. The predicted molar refractivity (Wildman–Crippen MR) is 73.9 cm³/mol. The second-order valence-corrected chi connectivity index (χ2v) is 5.06. The molecule has 0 aliphatic rings. The first-order valence-electron chi connectivity index (χ1n) is 6.65. The molecule has 2 unspecified atom stereocenters. The second kappa shape index (κ2) is 7.62. The number of carbonyl (C=O) groups excluding carboxylic acids is 1. The molecule has 1 aromatic carbocycles. The van der Waals surface area contributed by atoms with Crippen molar-refractivity contribution >= 4 is 11.9 Å². The molecule has 5 heteroatoms. The van der Waals surface area contributed by atoms with Crippen LogP contribution in [0.5, 0.6) is 0 Å². The highest BCUT2D eigenvalue weighted by Crippen LogP contribution is 2.19. The number of carbonyl (C=O) groups is 2. The third-order valence-electron chi connectivity index (χ3n) is 3.13. The number of hydrogen-bond acceptors (Lipinski definition) is 2. The van der Waals surface area contributed by atoms with Crippen LogP contribution >= 0.6 is 0 Å². The molecule has 2 atom stereocenters. The first-order chi connectivity index (χ1) is 9.38. The van der Waals surface area contributed by atoms with Crippen molar-refractivity contribution in [2.45, 2.75) is 45.1 Å². The summed E-state index contributed by atoms with van der Waals surface area (Å²) in [6.45, 7) is 3.68. The molecule has 0 aliphatic heterocycles. The number of carboxylic acids is 1. The molecular weight excluding hydrogens is 261 g/mol. The van der Waals surface area contributed by atoms with E-state index >= 15 is 0 Å². The second-order valence-electron chi connectivity index (χ2n) is 5.06. The van der Waals surface area contributed by atoms with Crippen LogP contribution < -0.4 is 5.32 Å². The van der Waals surface area contributed by atoms with Gasteiger partial charge in [0.2, 0.25) is 5.91 Å². The molecule has 0 aliphatic carbocycles. The van der Waals surface area contributed by atoms with E-state index in [-0.39, 0.29) is 30.1 Å². The van der Waals surface area contributed by atoms with Gasteiger partial charge in [0.05, 0.1) is 0 Å². The lowest BCUT2D eigenvalue weighted by atomic mass is 9.97. The number of aliphatic carboxylic acids is 1. The van der Waals surface area contributed by atoms with Gasteiger partial charge in [-0.3, -0.25) is 9.59 Å². The molecule has 1 rings (SSSR count). The van der Waals surface area contributed by atoms with E-state index in [2.05, 4.69) is 5.32 Å². The van der Waals surface area contributed by atoms with Gasteiger partial charge >= 0.3 is 5.97 Å². The Morgan fingerprint density at radius 1 is 1.25 bits per heavy atom. The van der Waals surface area contributed by atoms with Crippen molar-refractivity contribution in [3.05, 3.63) is 35.6 Å². The highest BCUT2D eigenvalue weighted by Gasteiger charge is 2.14. The van der Waals surface area contributed by atoms with Crippen LogP contribution in [0.1, 0.15) is 44.6 Å². The summed E-state index contributed by atoms with van der Waals surface area (Å²) in [5.41, 5.74) is 0.903. The normalized spacial score (nSPS) is 13.6. The summed E-state index contributed by atoms with van der Waals surface area (Å²) < 4.78 is 12.8. The maximum atomic E-state index is 12.8. The Labute approximate surface area is 118 Å². The van der Waals surface area contributed by atoms with Crippen LogP contribution in [-0.2, 0) is 9.59 Å². The van der Waals surface area contributed by atoms with Gasteiger partial charge in [0, 0.05) is 18.9 Å². The summed E-state index contributed by atoms with van der Waals surface area (Å²) in [6, 6.07) is 5.92. The van der Waals surface area contributed by atoms with Crippen molar-refractivity contribution in [3.63, 3.8) is 0 Å². The summed E-state index contributed by atoms with van der Waals surface area (Å²) in [5, 5.41) is 11.3.